The third kappa shape index (κ3) is 3.47. The maximum Gasteiger partial charge on any atom is 0.229 e. The van der Waals surface area contributed by atoms with E-state index in [0.29, 0.717) is 18.1 Å². The first-order valence-corrected chi connectivity index (χ1v) is 7.08. The minimum absolute atomic E-state index is 0.130. The van der Waals surface area contributed by atoms with Gasteiger partial charge in [0.1, 0.15) is 5.82 Å². The van der Waals surface area contributed by atoms with Crippen molar-refractivity contribution in [1.29, 1.82) is 0 Å². The molecule has 1 unspecified atom stereocenters. The van der Waals surface area contributed by atoms with Crippen LogP contribution in [-0.4, -0.2) is 21.4 Å². The van der Waals surface area contributed by atoms with Crippen molar-refractivity contribution in [1.82, 2.24) is 10.1 Å². The maximum absolute atomic E-state index is 13.0. The van der Waals surface area contributed by atoms with Crippen LogP contribution in [0, 0.1) is 11.7 Å². The quantitative estimate of drug-likeness (QED) is 0.920. The van der Waals surface area contributed by atoms with Gasteiger partial charge in [-0.05, 0) is 37.5 Å². The first-order chi connectivity index (χ1) is 9.80. The van der Waals surface area contributed by atoms with Gasteiger partial charge in [0, 0.05) is 0 Å². The van der Waals surface area contributed by atoms with Crippen LogP contribution in [0.3, 0.4) is 0 Å². The Labute approximate surface area is 124 Å². The molecular formula is C16H21FN2O2. The van der Waals surface area contributed by atoms with E-state index in [2.05, 4.69) is 10.1 Å². The summed E-state index contributed by atoms with van der Waals surface area (Å²) in [7, 11) is 0. The van der Waals surface area contributed by atoms with Crippen molar-refractivity contribution >= 4 is 0 Å². The molecule has 0 amide bonds. The normalized spacial score (nSPS) is 13.7. The molecule has 0 radical (unpaired) electrons. The zero-order valence-electron chi connectivity index (χ0n) is 12.8. The number of hydrogen-bond acceptors (Lipinski definition) is 4. The van der Waals surface area contributed by atoms with E-state index >= 15 is 0 Å². The van der Waals surface area contributed by atoms with Gasteiger partial charge in [-0.3, -0.25) is 0 Å². The number of halogens is 1. The number of aromatic nitrogens is 2. The van der Waals surface area contributed by atoms with E-state index in [1.165, 1.54) is 12.1 Å². The van der Waals surface area contributed by atoms with Crippen molar-refractivity contribution in [2.24, 2.45) is 5.92 Å². The highest BCUT2D eigenvalue weighted by Crippen LogP contribution is 2.29. The molecule has 21 heavy (non-hydrogen) atoms. The lowest BCUT2D eigenvalue weighted by atomic mass is 9.84. The predicted octanol–water partition coefficient (Wildman–Crippen LogP) is 3.09. The fraction of sp³-hybridized carbons (Fsp3) is 0.500. The maximum atomic E-state index is 13.0. The van der Waals surface area contributed by atoms with E-state index in [4.69, 9.17) is 4.52 Å². The Kier molecular flexibility index (Phi) is 4.42. The molecule has 1 atom stereocenters. The monoisotopic (exact) mass is 292 g/mol. The average Bonchev–Trinajstić information content (AvgIpc) is 2.88. The van der Waals surface area contributed by atoms with Crippen LogP contribution < -0.4 is 0 Å². The molecule has 0 saturated carbocycles. The number of aliphatic hydroxyl groups excluding tert-OH is 1. The van der Waals surface area contributed by atoms with E-state index in [9.17, 15) is 9.50 Å². The summed E-state index contributed by atoms with van der Waals surface area (Å²) in [5.41, 5.74) is 0.416. The van der Waals surface area contributed by atoms with Crippen LogP contribution in [0.5, 0.6) is 0 Å². The van der Waals surface area contributed by atoms with Gasteiger partial charge in [-0.1, -0.05) is 31.1 Å². The Morgan fingerprint density at radius 3 is 2.43 bits per heavy atom. The number of rotatable bonds is 5. The van der Waals surface area contributed by atoms with E-state index in [1.807, 2.05) is 27.7 Å². The van der Waals surface area contributed by atoms with Crippen molar-refractivity contribution in [3.05, 3.63) is 47.4 Å². The second-order valence-corrected chi connectivity index (χ2v) is 6.16. The Morgan fingerprint density at radius 1 is 1.24 bits per heavy atom. The minimum Gasteiger partial charge on any atom is -0.392 e. The number of nitrogens with zero attached hydrogens (tertiary/aromatic N) is 2. The smallest absolute Gasteiger partial charge is 0.229 e. The molecule has 1 aromatic carbocycles. The fourth-order valence-electron chi connectivity index (χ4n) is 2.00. The summed E-state index contributed by atoms with van der Waals surface area (Å²) in [5.74, 6) is 0.801. The zero-order valence-corrected chi connectivity index (χ0v) is 12.8. The zero-order chi connectivity index (χ0) is 15.6. The van der Waals surface area contributed by atoms with Gasteiger partial charge in [0.25, 0.3) is 0 Å². The summed E-state index contributed by atoms with van der Waals surface area (Å²) in [6, 6.07) is 6.27. The molecule has 5 heteroatoms. The molecule has 0 aliphatic rings. The summed E-state index contributed by atoms with van der Waals surface area (Å²) in [6.45, 7) is 7.77. The van der Waals surface area contributed by atoms with Gasteiger partial charge in [0.15, 0.2) is 5.82 Å². The lowest BCUT2D eigenvalue weighted by molar-refractivity contribution is 0.116. The van der Waals surface area contributed by atoms with E-state index in [-0.39, 0.29) is 11.7 Å². The molecule has 0 fully saturated rings. The van der Waals surface area contributed by atoms with Crippen molar-refractivity contribution in [2.75, 3.05) is 0 Å². The molecule has 4 nitrogen and oxygen atoms in total. The van der Waals surface area contributed by atoms with E-state index in [1.54, 1.807) is 12.1 Å². The predicted molar refractivity (Wildman–Crippen MR) is 77.4 cm³/mol. The topological polar surface area (TPSA) is 59.2 Å². The van der Waals surface area contributed by atoms with Gasteiger partial charge in [-0.25, -0.2) is 4.39 Å². The molecular weight excluding hydrogens is 271 g/mol. The highest BCUT2D eigenvalue weighted by atomic mass is 19.1. The summed E-state index contributed by atoms with van der Waals surface area (Å²) in [5, 5.41) is 13.9. The summed E-state index contributed by atoms with van der Waals surface area (Å²) in [6.07, 6.45) is -0.170. The molecule has 0 saturated heterocycles. The Balaban J connectivity index is 2.21. The first-order valence-electron chi connectivity index (χ1n) is 7.08. The van der Waals surface area contributed by atoms with Crippen molar-refractivity contribution in [2.45, 2.75) is 45.6 Å². The van der Waals surface area contributed by atoms with Crippen LogP contribution in [0.4, 0.5) is 4.39 Å². The average molecular weight is 292 g/mol. The Bertz CT molecular complexity index is 591. The van der Waals surface area contributed by atoms with Gasteiger partial charge in [-0.15, -0.1) is 0 Å². The lowest BCUT2D eigenvalue weighted by Crippen LogP contribution is -2.21. The Morgan fingerprint density at radius 2 is 1.86 bits per heavy atom. The molecule has 0 aliphatic carbocycles. The SMILES string of the molecule is CC(C)C(O)Cc1nc(C(C)(C)c2ccc(F)cc2)no1. The van der Waals surface area contributed by atoms with Crippen LogP contribution in [0.15, 0.2) is 28.8 Å². The van der Waals surface area contributed by atoms with Crippen molar-refractivity contribution in [3.63, 3.8) is 0 Å². The van der Waals surface area contributed by atoms with Gasteiger partial charge >= 0.3 is 0 Å². The molecule has 1 aromatic heterocycles. The summed E-state index contributed by atoms with van der Waals surface area (Å²) >= 11 is 0. The van der Waals surface area contributed by atoms with E-state index < -0.39 is 11.5 Å². The molecule has 0 spiro atoms. The Hall–Kier alpha value is -1.75. The molecule has 2 aromatic rings. The number of hydrogen-bond donors (Lipinski definition) is 1. The highest BCUT2D eigenvalue weighted by molar-refractivity contribution is 5.30. The van der Waals surface area contributed by atoms with Gasteiger partial charge in [0.05, 0.1) is 17.9 Å². The van der Waals surface area contributed by atoms with Crippen LogP contribution in [-0.2, 0) is 11.8 Å². The standard InChI is InChI=1S/C16H21FN2O2/c1-10(2)13(20)9-14-18-15(19-21-14)16(3,4)11-5-7-12(17)8-6-11/h5-8,10,13,20H,9H2,1-4H3. The van der Waals surface area contributed by atoms with Crippen LogP contribution >= 0.6 is 0 Å². The largest absolute Gasteiger partial charge is 0.392 e. The third-order valence-electron chi connectivity index (χ3n) is 3.75. The summed E-state index contributed by atoms with van der Waals surface area (Å²) in [4.78, 5) is 4.37. The van der Waals surface area contributed by atoms with Crippen LogP contribution in [0.2, 0.25) is 0 Å². The van der Waals surface area contributed by atoms with Crippen LogP contribution in [0.25, 0.3) is 0 Å². The van der Waals surface area contributed by atoms with E-state index in [0.717, 1.165) is 5.56 Å². The van der Waals surface area contributed by atoms with Gasteiger partial charge in [0.2, 0.25) is 5.89 Å². The van der Waals surface area contributed by atoms with Crippen molar-refractivity contribution in [3.8, 4) is 0 Å². The van der Waals surface area contributed by atoms with Crippen molar-refractivity contribution < 1.29 is 14.0 Å². The molecule has 1 N–H and O–H groups in total. The van der Waals surface area contributed by atoms with Gasteiger partial charge in [-0.2, -0.15) is 4.98 Å². The second-order valence-electron chi connectivity index (χ2n) is 6.16. The van der Waals surface area contributed by atoms with Crippen LogP contribution in [0.1, 0.15) is 45.0 Å². The molecule has 2 rings (SSSR count). The third-order valence-corrected chi connectivity index (χ3v) is 3.75. The second kappa shape index (κ2) is 5.93. The molecule has 0 bridgehead atoms. The number of benzene rings is 1. The number of aliphatic hydroxyl groups is 1. The molecule has 1 heterocycles. The summed E-state index contributed by atoms with van der Waals surface area (Å²) < 4.78 is 18.2. The first kappa shape index (κ1) is 15.6. The molecule has 114 valence electrons. The highest BCUT2D eigenvalue weighted by Gasteiger charge is 2.29. The van der Waals surface area contributed by atoms with Gasteiger partial charge < -0.3 is 9.63 Å². The lowest BCUT2D eigenvalue weighted by Gasteiger charge is -2.20. The molecule has 0 aliphatic heterocycles. The fourth-order valence-corrected chi connectivity index (χ4v) is 2.00. The minimum atomic E-state index is -0.507.